The minimum Gasteiger partial charge on any atom is -0.391 e. The highest BCUT2D eigenvalue weighted by Gasteiger charge is 2.31. The zero-order valence-electron chi connectivity index (χ0n) is 15.5. The summed E-state index contributed by atoms with van der Waals surface area (Å²) in [5, 5.41) is 15.9. The largest absolute Gasteiger partial charge is 0.391 e. The summed E-state index contributed by atoms with van der Waals surface area (Å²) < 4.78 is 5.33. The second-order valence-corrected chi connectivity index (χ2v) is 7.35. The monoisotopic (exact) mass is 372 g/mol. The molecule has 6 heteroatoms. The summed E-state index contributed by atoms with van der Waals surface area (Å²) in [5.41, 5.74) is 0.988. The van der Waals surface area contributed by atoms with E-state index in [-0.39, 0.29) is 29.8 Å². The first kappa shape index (κ1) is 19.6. The van der Waals surface area contributed by atoms with Gasteiger partial charge in [0.1, 0.15) is 0 Å². The normalized spacial score (nSPS) is 28.6. The molecule has 1 saturated heterocycles. The van der Waals surface area contributed by atoms with E-state index in [9.17, 15) is 14.7 Å². The highest BCUT2D eigenvalue weighted by Crippen LogP contribution is 2.25. The van der Waals surface area contributed by atoms with Crippen molar-refractivity contribution < 1.29 is 19.4 Å². The Morgan fingerprint density at radius 3 is 2.48 bits per heavy atom. The minimum atomic E-state index is -0.533. The summed E-state index contributed by atoms with van der Waals surface area (Å²) in [6.07, 6.45) is 6.42. The van der Waals surface area contributed by atoms with Crippen LogP contribution in [0.4, 0.5) is 0 Å². The van der Waals surface area contributed by atoms with Gasteiger partial charge in [0.05, 0.1) is 18.8 Å². The maximum Gasteiger partial charge on any atom is 0.244 e. The zero-order chi connectivity index (χ0) is 19.1. The van der Waals surface area contributed by atoms with E-state index < -0.39 is 6.10 Å². The van der Waals surface area contributed by atoms with Crippen LogP contribution in [0.1, 0.15) is 37.7 Å². The van der Waals surface area contributed by atoms with Crippen molar-refractivity contribution in [3.05, 3.63) is 42.0 Å². The summed E-state index contributed by atoms with van der Waals surface area (Å²) in [4.78, 5) is 24.5. The van der Waals surface area contributed by atoms with Gasteiger partial charge >= 0.3 is 0 Å². The number of nitrogens with one attached hydrogen (secondary N) is 2. The van der Waals surface area contributed by atoms with Gasteiger partial charge < -0.3 is 20.5 Å². The van der Waals surface area contributed by atoms with Crippen LogP contribution in [0.2, 0.25) is 0 Å². The van der Waals surface area contributed by atoms with E-state index >= 15 is 0 Å². The molecule has 27 heavy (non-hydrogen) atoms. The lowest BCUT2D eigenvalue weighted by Crippen LogP contribution is -2.51. The molecule has 0 bridgehead atoms. The summed E-state index contributed by atoms with van der Waals surface area (Å²) in [6, 6.07) is 9.49. The van der Waals surface area contributed by atoms with E-state index in [1.54, 1.807) is 12.2 Å². The van der Waals surface area contributed by atoms with Gasteiger partial charge in [-0.2, -0.15) is 0 Å². The molecule has 2 atom stereocenters. The summed E-state index contributed by atoms with van der Waals surface area (Å²) in [6.45, 7) is 0.906. The topological polar surface area (TPSA) is 87.7 Å². The van der Waals surface area contributed by atoms with E-state index in [4.69, 9.17) is 4.74 Å². The van der Waals surface area contributed by atoms with Crippen LogP contribution in [0.15, 0.2) is 36.4 Å². The number of rotatable bonds is 5. The molecule has 3 N–H and O–H groups in total. The van der Waals surface area contributed by atoms with Gasteiger partial charge in [0.2, 0.25) is 11.8 Å². The smallest absolute Gasteiger partial charge is 0.244 e. The number of hydrogen-bond donors (Lipinski definition) is 3. The van der Waals surface area contributed by atoms with Crippen molar-refractivity contribution in [1.82, 2.24) is 10.6 Å². The number of amides is 2. The molecule has 1 aliphatic heterocycles. The Balaban J connectivity index is 1.40. The van der Waals surface area contributed by atoms with Gasteiger partial charge in [-0.3, -0.25) is 9.59 Å². The van der Waals surface area contributed by atoms with E-state index in [1.165, 1.54) is 0 Å². The predicted octanol–water partition coefficient (Wildman–Crippen LogP) is 1.64. The van der Waals surface area contributed by atoms with Crippen molar-refractivity contribution >= 4 is 17.9 Å². The van der Waals surface area contributed by atoms with Crippen LogP contribution in [0.25, 0.3) is 6.08 Å². The van der Waals surface area contributed by atoms with Crippen LogP contribution in [0.3, 0.4) is 0 Å². The first-order valence-corrected chi connectivity index (χ1v) is 9.71. The number of aliphatic hydroxyl groups excluding tert-OH is 1. The average molecular weight is 372 g/mol. The van der Waals surface area contributed by atoms with Crippen molar-refractivity contribution in [2.45, 2.75) is 50.3 Å². The maximum absolute atomic E-state index is 12.4. The van der Waals surface area contributed by atoms with Crippen LogP contribution in [-0.4, -0.2) is 48.3 Å². The molecule has 146 valence electrons. The Kier molecular flexibility index (Phi) is 7.01. The third-order valence-corrected chi connectivity index (χ3v) is 5.32. The molecule has 0 unspecified atom stereocenters. The minimum absolute atomic E-state index is 0.0155. The lowest BCUT2D eigenvalue weighted by atomic mass is 9.85. The van der Waals surface area contributed by atoms with Gasteiger partial charge in [-0.15, -0.1) is 0 Å². The zero-order valence-corrected chi connectivity index (χ0v) is 15.5. The molecular weight excluding hydrogens is 344 g/mol. The molecular formula is C21H28N2O4. The summed E-state index contributed by atoms with van der Waals surface area (Å²) >= 11 is 0. The Morgan fingerprint density at radius 1 is 1.04 bits per heavy atom. The van der Waals surface area contributed by atoms with Gasteiger partial charge in [0, 0.05) is 24.6 Å². The lowest BCUT2D eigenvalue weighted by molar-refractivity contribution is -0.129. The van der Waals surface area contributed by atoms with E-state index in [0.717, 1.165) is 31.2 Å². The predicted molar refractivity (Wildman–Crippen MR) is 103 cm³/mol. The number of carbonyl (C=O) groups is 2. The Bertz CT molecular complexity index is 653. The standard InChI is InChI=1S/C21H28N2O4/c24-19-12-13-27-14-18(19)23-21(26)16-7-9-17(10-8-16)22-20(25)11-6-15-4-2-1-3-5-15/h1-6,11,16-19,24H,7-10,12-14H2,(H,22,25)(H,23,26)/b11-6+/t16?,17?,18-,19+/m1/s1. The van der Waals surface area contributed by atoms with Crippen molar-refractivity contribution in [2.24, 2.45) is 5.92 Å². The SMILES string of the molecule is O=C(/C=C/c1ccccc1)NC1CCC(C(=O)N[C@@H]2COCC[C@@H]2O)CC1. The van der Waals surface area contributed by atoms with Crippen LogP contribution in [-0.2, 0) is 14.3 Å². The molecule has 1 aromatic carbocycles. The summed E-state index contributed by atoms with van der Waals surface area (Å²) in [7, 11) is 0. The molecule has 1 heterocycles. The molecule has 2 aliphatic rings. The van der Waals surface area contributed by atoms with E-state index in [0.29, 0.717) is 19.6 Å². The fourth-order valence-electron chi connectivity index (χ4n) is 3.65. The molecule has 1 aliphatic carbocycles. The molecule has 2 amide bonds. The maximum atomic E-state index is 12.4. The molecule has 0 radical (unpaired) electrons. The number of hydrogen-bond acceptors (Lipinski definition) is 4. The van der Waals surface area contributed by atoms with Gasteiger partial charge in [-0.25, -0.2) is 0 Å². The van der Waals surface area contributed by atoms with Gasteiger partial charge in [0.15, 0.2) is 0 Å². The van der Waals surface area contributed by atoms with E-state index in [2.05, 4.69) is 10.6 Å². The molecule has 0 aromatic heterocycles. The Hall–Kier alpha value is -2.18. The number of carbonyl (C=O) groups excluding carboxylic acids is 2. The van der Waals surface area contributed by atoms with Gasteiger partial charge in [0.25, 0.3) is 0 Å². The van der Waals surface area contributed by atoms with Crippen LogP contribution in [0, 0.1) is 5.92 Å². The number of ether oxygens (including phenoxy) is 1. The first-order valence-electron chi connectivity index (χ1n) is 9.71. The molecule has 1 aromatic rings. The third kappa shape index (κ3) is 5.91. The van der Waals surface area contributed by atoms with Gasteiger partial charge in [-0.1, -0.05) is 30.3 Å². The van der Waals surface area contributed by atoms with E-state index in [1.807, 2.05) is 30.3 Å². The highest BCUT2D eigenvalue weighted by molar-refractivity contribution is 5.91. The Morgan fingerprint density at radius 2 is 1.78 bits per heavy atom. The third-order valence-electron chi connectivity index (χ3n) is 5.32. The van der Waals surface area contributed by atoms with Crippen LogP contribution in [0.5, 0.6) is 0 Å². The van der Waals surface area contributed by atoms with Crippen LogP contribution >= 0.6 is 0 Å². The molecule has 3 rings (SSSR count). The van der Waals surface area contributed by atoms with Crippen molar-refractivity contribution in [1.29, 1.82) is 0 Å². The highest BCUT2D eigenvalue weighted by atomic mass is 16.5. The van der Waals surface area contributed by atoms with Crippen LogP contribution < -0.4 is 10.6 Å². The quantitative estimate of drug-likeness (QED) is 0.686. The first-order chi connectivity index (χ1) is 13.1. The number of benzene rings is 1. The molecule has 2 fully saturated rings. The molecule has 0 spiro atoms. The second-order valence-electron chi connectivity index (χ2n) is 7.35. The fraction of sp³-hybridized carbons (Fsp3) is 0.524. The molecule has 6 nitrogen and oxygen atoms in total. The molecule has 1 saturated carbocycles. The second kappa shape index (κ2) is 9.67. The van der Waals surface area contributed by atoms with Crippen molar-refractivity contribution in [3.8, 4) is 0 Å². The lowest BCUT2D eigenvalue weighted by Gasteiger charge is -2.32. The average Bonchev–Trinajstić information content (AvgIpc) is 2.69. The van der Waals surface area contributed by atoms with Crippen molar-refractivity contribution in [3.63, 3.8) is 0 Å². The summed E-state index contributed by atoms with van der Waals surface area (Å²) in [5.74, 6) is -0.181. The number of aliphatic hydroxyl groups is 1. The fourth-order valence-corrected chi connectivity index (χ4v) is 3.65. The van der Waals surface area contributed by atoms with Gasteiger partial charge in [-0.05, 0) is 43.7 Å². The van der Waals surface area contributed by atoms with Crippen molar-refractivity contribution in [2.75, 3.05) is 13.2 Å². The Labute approximate surface area is 160 Å².